The van der Waals surface area contributed by atoms with Gasteiger partial charge in [0.1, 0.15) is 11.6 Å². The molecule has 2 aliphatic heterocycles. The summed E-state index contributed by atoms with van der Waals surface area (Å²) in [6, 6.07) is 7.93. The molecular weight excluding hydrogens is 528 g/mol. The molecule has 1 aliphatic carbocycles. The molecule has 12 heteroatoms. The molecule has 3 aliphatic rings. The Hall–Kier alpha value is -2.83. The zero-order valence-electron chi connectivity index (χ0n) is 22.0. The number of carbonyl (C=O) groups is 1. The molecule has 5 rings (SSSR count). The van der Waals surface area contributed by atoms with E-state index in [9.17, 15) is 22.0 Å². The van der Waals surface area contributed by atoms with E-state index in [0.29, 0.717) is 28.3 Å². The van der Waals surface area contributed by atoms with Crippen LogP contribution < -0.4 is 19.8 Å². The van der Waals surface area contributed by atoms with Gasteiger partial charge in [-0.1, -0.05) is 0 Å². The summed E-state index contributed by atoms with van der Waals surface area (Å²) in [5, 5.41) is 11.9. The highest BCUT2D eigenvalue weighted by atomic mass is 32.2. The van der Waals surface area contributed by atoms with Crippen LogP contribution in [0.3, 0.4) is 0 Å². The third kappa shape index (κ3) is 6.33. The Bertz CT molecular complexity index is 1330. The first-order valence-electron chi connectivity index (χ1n) is 13.4. The summed E-state index contributed by atoms with van der Waals surface area (Å²) < 4.78 is 55.2. The Labute approximate surface area is 227 Å². The van der Waals surface area contributed by atoms with Crippen LogP contribution in [0.25, 0.3) is 0 Å². The number of benzene rings is 1. The van der Waals surface area contributed by atoms with Gasteiger partial charge in [0, 0.05) is 45.6 Å². The number of hydrogen-bond acceptors (Lipinski definition) is 7. The Morgan fingerprint density at radius 2 is 1.67 bits per heavy atom. The molecular formula is C27H35F2N5O4S. The largest absolute Gasteiger partial charge is 0.395 e. The fraction of sp³-hybridized carbons (Fsp3) is 0.556. The highest BCUT2D eigenvalue weighted by Crippen LogP contribution is 2.54. The lowest BCUT2D eigenvalue weighted by Gasteiger charge is -2.35. The predicted molar refractivity (Wildman–Crippen MR) is 145 cm³/mol. The second-order valence-corrected chi connectivity index (χ2v) is 12.7. The number of hydrogen-bond donors (Lipinski definition) is 3. The van der Waals surface area contributed by atoms with Crippen molar-refractivity contribution in [3.63, 3.8) is 0 Å². The Morgan fingerprint density at radius 3 is 2.31 bits per heavy atom. The van der Waals surface area contributed by atoms with E-state index in [1.807, 2.05) is 13.0 Å². The van der Waals surface area contributed by atoms with Gasteiger partial charge in [0.25, 0.3) is 11.8 Å². The molecule has 39 heavy (non-hydrogen) atoms. The highest BCUT2D eigenvalue weighted by molar-refractivity contribution is 7.89. The van der Waals surface area contributed by atoms with Crippen LogP contribution in [0.1, 0.15) is 54.4 Å². The molecule has 3 heterocycles. The first-order chi connectivity index (χ1) is 18.5. The molecule has 1 aromatic heterocycles. The summed E-state index contributed by atoms with van der Waals surface area (Å²) in [6.07, 6.45) is 3.92. The van der Waals surface area contributed by atoms with Gasteiger partial charge in [0.05, 0.1) is 22.8 Å². The quantitative estimate of drug-likeness (QED) is 0.450. The number of amides is 1. The van der Waals surface area contributed by atoms with Crippen LogP contribution in [0.5, 0.6) is 0 Å². The zero-order valence-corrected chi connectivity index (χ0v) is 22.9. The summed E-state index contributed by atoms with van der Waals surface area (Å²) in [7, 11) is -3.87. The molecule has 2 saturated heterocycles. The van der Waals surface area contributed by atoms with Crippen LogP contribution in [0.2, 0.25) is 0 Å². The molecule has 212 valence electrons. The summed E-state index contributed by atoms with van der Waals surface area (Å²) in [5.74, 6) is -2.27. The maximum atomic E-state index is 13.7. The number of aryl methyl sites for hydroxylation is 1. The van der Waals surface area contributed by atoms with E-state index in [2.05, 4.69) is 19.9 Å². The van der Waals surface area contributed by atoms with Crippen molar-refractivity contribution in [1.82, 2.24) is 9.71 Å². The first-order valence-corrected chi connectivity index (χ1v) is 14.9. The fourth-order valence-corrected chi connectivity index (χ4v) is 6.46. The van der Waals surface area contributed by atoms with Crippen molar-refractivity contribution in [3.05, 3.63) is 41.5 Å². The van der Waals surface area contributed by atoms with E-state index in [-0.39, 0.29) is 44.0 Å². The number of halogens is 2. The molecule has 0 atom stereocenters. The molecule has 9 nitrogen and oxygen atoms in total. The second kappa shape index (κ2) is 10.6. The number of sulfonamides is 1. The van der Waals surface area contributed by atoms with Crippen LogP contribution >= 0.6 is 0 Å². The third-order valence-corrected chi connectivity index (χ3v) is 9.53. The number of aromatic nitrogens is 1. The lowest BCUT2D eigenvalue weighted by Crippen LogP contribution is -2.39. The van der Waals surface area contributed by atoms with Gasteiger partial charge in [-0.15, -0.1) is 0 Å². The van der Waals surface area contributed by atoms with Crippen molar-refractivity contribution in [3.8, 4) is 0 Å². The van der Waals surface area contributed by atoms with E-state index < -0.39 is 21.9 Å². The number of carbonyl (C=O) groups excluding carboxylic acids is 1. The van der Waals surface area contributed by atoms with E-state index >= 15 is 0 Å². The molecule has 1 spiro atoms. The van der Waals surface area contributed by atoms with Crippen molar-refractivity contribution in [1.29, 1.82) is 0 Å². The minimum Gasteiger partial charge on any atom is -0.395 e. The number of piperidine rings is 2. The average molecular weight is 564 g/mol. The Kier molecular flexibility index (Phi) is 7.55. The lowest BCUT2D eigenvalue weighted by molar-refractivity contribution is -0.0221. The maximum absolute atomic E-state index is 13.7. The molecule has 0 bridgehead atoms. The lowest BCUT2D eigenvalue weighted by atomic mass is 9.93. The highest BCUT2D eigenvalue weighted by Gasteiger charge is 2.44. The SMILES string of the molecule is Cc1cc(NC(=O)c2ccc(S(=O)(=O)NCCO)cc2N2CCC3(CC2)CC3)nc(N2CCC(F)(F)CC2)c1. The smallest absolute Gasteiger partial charge is 0.258 e. The molecule has 0 radical (unpaired) electrons. The van der Waals surface area contributed by atoms with Gasteiger partial charge in [0.2, 0.25) is 10.0 Å². The van der Waals surface area contributed by atoms with Crippen LogP contribution in [0.4, 0.5) is 26.1 Å². The Balaban J connectivity index is 1.40. The van der Waals surface area contributed by atoms with E-state index in [1.54, 1.807) is 11.0 Å². The fourth-order valence-electron chi connectivity index (χ4n) is 5.42. The number of nitrogens with zero attached hydrogens (tertiary/aromatic N) is 3. The summed E-state index contributed by atoms with van der Waals surface area (Å²) in [6.45, 7) is 3.22. The third-order valence-electron chi connectivity index (χ3n) is 8.07. The van der Waals surface area contributed by atoms with Crippen LogP contribution in [0, 0.1) is 12.3 Å². The average Bonchev–Trinajstić information content (AvgIpc) is 3.65. The van der Waals surface area contributed by atoms with Gasteiger partial charge in [-0.05, 0) is 73.9 Å². The minimum atomic E-state index is -3.87. The summed E-state index contributed by atoms with van der Waals surface area (Å²) in [4.78, 5) is 22.0. The van der Waals surface area contributed by atoms with E-state index in [1.165, 1.54) is 31.0 Å². The van der Waals surface area contributed by atoms with Crippen LogP contribution in [-0.2, 0) is 10.0 Å². The van der Waals surface area contributed by atoms with Crippen molar-refractivity contribution in [2.75, 3.05) is 54.4 Å². The molecule has 1 aromatic carbocycles. The molecule has 1 amide bonds. The van der Waals surface area contributed by atoms with Gasteiger partial charge in [-0.25, -0.2) is 26.9 Å². The standard InChI is InChI=1S/C27H35F2N5O4S/c1-19-16-23(31-24(17-19)34-13-8-27(28,29)9-14-34)32-25(36)21-3-2-20(39(37,38)30-10-15-35)18-22(21)33-11-6-26(4-5-26)7-12-33/h2-3,16-18,30,35H,4-15H2,1H3,(H,31,32,36). The topological polar surface area (TPSA) is 115 Å². The number of anilines is 3. The molecule has 1 saturated carbocycles. The van der Waals surface area contributed by atoms with Gasteiger partial charge >= 0.3 is 0 Å². The Morgan fingerprint density at radius 1 is 1.00 bits per heavy atom. The monoisotopic (exact) mass is 563 g/mol. The second-order valence-electron chi connectivity index (χ2n) is 11.0. The van der Waals surface area contributed by atoms with Crippen LogP contribution in [-0.4, -0.2) is 69.7 Å². The van der Waals surface area contributed by atoms with Crippen molar-refractivity contribution in [2.45, 2.75) is 56.3 Å². The normalized spacial score (nSPS) is 20.2. The number of rotatable bonds is 8. The van der Waals surface area contributed by atoms with Crippen LogP contribution in [0.15, 0.2) is 35.2 Å². The molecule has 2 aromatic rings. The van der Waals surface area contributed by atoms with Gasteiger partial charge in [0.15, 0.2) is 0 Å². The number of aliphatic hydroxyl groups is 1. The summed E-state index contributed by atoms with van der Waals surface area (Å²) in [5.41, 5.74) is 2.08. The molecule has 3 fully saturated rings. The van der Waals surface area contributed by atoms with Gasteiger partial charge in [-0.2, -0.15) is 0 Å². The maximum Gasteiger partial charge on any atom is 0.258 e. The van der Waals surface area contributed by atoms with Crippen molar-refractivity contribution in [2.24, 2.45) is 5.41 Å². The van der Waals surface area contributed by atoms with Gasteiger partial charge < -0.3 is 20.2 Å². The predicted octanol–water partition coefficient (Wildman–Crippen LogP) is 3.53. The zero-order chi connectivity index (χ0) is 27.8. The number of nitrogens with one attached hydrogen (secondary N) is 2. The summed E-state index contributed by atoms with van der Waals surface area (Å²) >= 11 is 0. The number of pyridine rings is 1. The van der Waals surface area contributed by atoms with Crippen molar-refractivity contribution >= 4 is 33.3 Å². The van der Waals surface area contributed by atoms with E-state index in [4.69, 9.17) is 5.11 Å². The molecule has 0 unspecified atom stereocenters. The number of aliphatic hydroxyl groups excluding tert-OH is 1. The van der Waals surface area contributed by atoms with E-state index in [0.717, 1.165) is 31.5 Å². The minimum absolute atomic E-state index is 0.0204. The molecule has 3 N–H and O–H groups in total. The van der Waals surface area contributed by atoms with Crippen molar-refractivity contribution < 1.29 is 27.1 Å². The van der Waals surface area contributed by atoms with Gasteiger partial charge in [-0.3, -0.25) is 4.79 Å². The first kappa shape index (κ1) is 27.7. The number of alkyl halides is 2.